The van der Waals surface area contributed by atoms with Crippen molar-refractivity contribution in [1.29, 1.82) is 0 Å². The second-order valence-electron chi connectivity index (χ2n) is 8.71. The highest BCUT2D eigenvalue weighted by Gasteiger charge is 2.26. The first-order chi connectivity index (χ1) is 15.6. The maximum Gasteiger partial charge on any atom is 0.197 e. The van der Waals surface area contributed by atoms with Crippen LogP contribution in [0.5, 0.6) is 11.8 Å². The topological polar surface area (TPSA) is 61.1 Å². The van der Waals surface area contributed by atoms with E-state index in [1.807, 2.05) is 30.4 Å². The summed E-state index contributed by atoms with van der Waals surface area (Å²) in [7, 11) is 0. The summed E-state index contributed by atoms with van der Waals surface area (Å²) in [6.07, 6.45) is 7.39. The fourth-order valence-electron chi connectivity index (χ4n) is 4.61. The molecule has 1 aliphatic heterocycles. The molecular formula is C25H34ClN3O3. The SMILES string of the molecule is CCCCOC(CN1CCN(c2cccc(Cl)c2)CC1)Cn1c(O)c2c(c1O)CC=CC2. The number of unbranched alkanes of at least 4 members (excludes halogenated alkanes) is 1. The van der Waals surface area contributed by atoms with Crippen LogP contribution in [0.3, 0.4) is 0 Å². The molecule has 0 spiro atoms. The molecule has 0 radical (unpaired) electrons. The quantitative estimate of drug-likeness (QED) is 0.434. The molecule has 1 aromatic heterocycles. The number of fused-ring (bicyclic) bond motifs is 1. The maximum absolute atomic E-state index is 10.7. The van der Waals surface area contributed by atoms with Gasteiger partial charge in [-0.3, -0.25) is 9.47 Å². The molecule has 2 aromatic rings. The zero-order valence-electron chi connectivity index (χ0n) is 18.8. The van der Waals surface area contributed by atoms with E-state index in [0.717, 1.165) is 67.4 Å². The average Bonchev–Trinajstić information content (AvgIpc) is 3.05. The van der Waals surface area contributed by atoms with Gasteiger partial charge in [0.05, 0.1) is 12.6 Å². The van der Waals surface area contributed by atoms with Crippen molar-refractivity contribution in [3.05, 3.63) is 52.6 Å². The number of hydrogen-bond acceptors (Lipinski definition) is 5. The van der Waals surface area contributed by atoms with E-state index in [1.165, 1.54) is 0 Å². The van der Waals surface area contributed by atoms with Crippen molar-refractivity contribution >= 4 is 17.3 Å². The largest absolute Gasteiger partial charge is 0.494 e. The number of ether oxygens (including phenoxy) is 1. The maximum atomic E-state index is 10.7. The molecule has 2 heterocycles. The molecule has 7 heteroatoms. The minimum absolute atomic E-state index is 0.0992. The Hall–Kier alpha value is -2.15. The summed E-state index contributed by atoms with van der Waals surface area (Å²) in [6, 6.07) is 8.01. The lowest BCUT2D eigenvalue weighted by Crippen LogP contribution is -2.49. The second-order valence-corrected chi connectivity index (χ2v) is 9.14. The first-order valence-corrected chi connectivity index (χ1v) is 12.1. The number of aromatic hydroxyl groups is 2. The number of nitrogens with zero attached hydrogens (tertiary/aromatic N) is 3. The molecule has 2 N–H and O–H groups in total. The van der Waals surface area contributed by atoms with Crippen LogP contribution >= 0.6 is 11.6 Å². The van der Waals surface area contributed by atoms with Crippen molar-refractivity contribution in [3.8, 4) is 11.8 Å². The van der Waals surface area contributed by atoms with E-state index >= 15 is 0 Å². The Kier molecular flexibility index (Phi) is 7.66. The van der Waals surface area contributed by atoms with Gasteiger partial charge < -0.3 is 19.8 Å². The van der Waals surface area contributed by atoms with E-state index in [-0.39, 0.29) is 17.9 Å². The number of piperazine rings is 1. The summed E-state index contributed by atoms with van der Waals surface area (Å²) < 4.78 is 7.86. The summed E-state index contributed by atoms with van der Waals surface area (Å²) >= 11 is 6.16. The molecule has 1 unspecified atom stereocenters. The lowest BCUT2D eigenvalue weighted by atomic mass is 10.0. The third-order valence-corrected chi connectivity index (χ3v) is 6.71. The van der Waals surface area contributed by atoms with Crippen LogP contribution in [0, 0.1) is 0 Å². The molecule has 4 rings (SSSR count). The molecule has 1 atom stereocenters. The minimum Gasteiger partial charge on any atom is -0.494 e. The van der Waals surface area contributed by atoms with Gasteiger partial charge in [-0.15, -0.1) is 0 Å². The van der Waals surface area contributed by atoms with Gasteiger partial charge in [-0.1, -0.05) is 43.2 Å². The van der Waals surface area contributed by atoms with E-state index in [4.69, 9.17) is 16.3 Å². The van der Waals surface area contributed by atoms with Crippen LogP contribution < -0.4 is 4.90 Å². The van der Waals surface area contributed by atoms with Gasteiger partial charge >= 0.3 is 0 Å². The highest BCUT2D eigenvalue weighted by atomic mass is 35.5. The number of halogens is 1. The molecule has 1 aromatic carbocycles. The van der Waals surface area contributed by atoms with Crippen molar-refractivity contribution in [3.63, 3.8) is 0 Å². The number of aromatic nitrogens is 1. The van der Waals surface area contributed by atoms with E-state index in [0.29, 0.717) is 26.0 Å². The van der Waals surface area contributed by atoms with Crippen LogP contribution in [0.2, 0.25) is 5.02 Å². The third kappa shape index (κ3) is 5.25. The van der Waals surface area contributed by atoms with E-state index in [1.54, 1.807) is 4.57 Å². The molecule has 0 bridgehead atoms. The van der Waals surface area contributed by atoms with Crippen LogP contribution in [0.4, 0.5) is 5.69 Å². The van der Waals surface area contributed by atoms with Gasteiger partial charge in [-0.2, -0.15) is 0 Å². The highest BCUT2D eigenvalue weighted by Crippen LogP contribution is 2.37. The molecule has 0 amide bonds. The number of anilines is 1. The zero-order chi connectivity index (χ0) is 22.5. The number of allylic oxidation sites excluding steroid dienone is 2. The molecule has 174 valence electrons. The molecule has 32 heavy (non-hydrogen) atoms. The van der Waals surface area contributed by atoms with Gasteiger partial charge in [0.1, 0.15) is 0 Å². The molecule has 6 nitrogen and oxygen atoms in total. The fourth-order valence-corrected chi connectivity index (χ4v) is 4.80. The van der Waals surface area contributed by atoms with E-state index < -0.39 is 0 Å². The third-order valence-electron chi connectivity index (χ3n) is 6.47. The van der Waals surface area contributed by atoms with Crippen LogP contribution in [0.25, 0.3) is 0 Å². The van der Waals surface area contributed by atoms with Crippen LogP contribution in [0.1, 0.15) is 30.9 Å². The van der Waals surface area contributed by atoms with Gasteiger partial charge in [0, 0.05) is 61.2 Å². The monoisotopic (exact) mass is 459 g/mol. The molecular weight excluding hydrogens is 426 g/mol. The van der Waals surface area contributed by atoms with Crippen molar-refractivity contribution in [2.75, 3.05) is 44.2 Å². The van der Waals surface area contributed by atoms with Crippen LogP contribution in [-0.2, 0) is 24.1 Å². The molecule has 1 fully saturated rings. The summed E-state index contributed by atoms with van der Waals surface area (Å²) in [4.78, 5) is 4.77. The fraction of sp³-hybridized carbons (Fsp3) is 0.520. The van der Waals surface area contributed by atoms with Crippen LogP contribution in [0.15, 0.2) is 36.4 Å². The summed E-state index contributed by atoms with van der Waals surface area (Å²) in [5.41, 5.74) is 2.84. The molecule has 1 aliphatic carbocycles. The summed E-state index contributed by atoms with van der Waals surface area (Å²) in [6.45, 7) is 7.79. The van der Waals surface area contributed by atoms with Gasteiger partial charge in [-0.25, -0.2) is 0 Å². The minimum atomic E-state index is -0.0992. The summed E-state index contributed by atoms with van der Waals surface area (Å²) in [5, 5.41) is 22.3. The first kappa shape index (κ1) is 23.0. The lowest BCUT2D eigenvalue weighted by Gasteiger charge is -2.37. The van der Waals surface area contributed by atoms with Crippen molar-refractivity contribution in [2.45, 2.75) is 45.3 Å². The Labute approximate surface area is 195 Å². The Bertz CT molecular complexity index is 903. The average molecular weight is 460 g/mol. The Balaban J connectivity index is 1.40. The lowest BCUT2D eigenvalue weighted by molar-refractivity contribution is 0.0110. The number of benzene rings is 1. The van der Waals surface area contributed by atoms with Gasteiger partial charge in [-0.05, 0) is 37.5 Å². The van der Waals surface area contributed by atoms with Crippen LogP contribution in [-0.4, -0.2) is 65.1 Å². The molecule has 0 saturated carbocycles. The number of rotatable bonds is 9. The van der Waals surface area contributed by atoms with E-state index in [9.17, 15) is 10.2 Å². The van der Waals surface area contributed by atoms with E-state index in [2.05, 4.69) is 22.8 Å². The van der Waals surface area contributed by atoms with Crippen molar-refractivity contribution in [1.82, 2.24) is 9.47 Å². The molecule has 1 saturated heterocycles. The Morgan fingerprint density at radius 3 is 2.31 bits per heavy atom. The smallest absolute Gasteiger partial charge is 0.197 e. The predicted octanol–water partition coefficient (Wildman–Crippen LogP) is 4.22. The second kappa shape index (κ2) is 10.6. The Morgan fingerprint density at radius 2 is 1.69 bits per heavy atom. The van der Waals surface area contributed by atoms with Gasteiger partial charge in [0.2, 0.25) is 0 Å². The van der Waals surface area contributed by atoms with Crippen molar-refractivity contribution < 1.29 is 14.9 Å². The Morgan fingerprint density at radius 1 is 1.00 bits per heavy atom. The number of hydrogen-bond donors (Lipinski definition) is 2. The summed E-state index contributed by atoms with van der Waals surface area (Å²) in [5.74, 6) is 0.355. The standard InChI is InChI=1S/C25H34ClN3O3/c1-2-3-15-32-21(18-29-24(30)22-9-4-5-10-23(22)25(29)31)17-27-11-13-28(14-12-27)20-8-6-7-19(26)16-20/h4-8,16,21,30-31H,2-3,9-15,17-18H2,1H3. The van der Waals surface area contributed by atoms with Gasteiger partial charge in [0.15, 0.2) is 11.8 Å². The molecule has 2 aliphatic rings. The van der Waals surface area contributed by atoms with Gasteiger partial charge in [0.25, 0.3) is 0 Å². The first-order valence-electron chi connectivity index (χ1n) is 11.7. The highest BCUT2D eigenvalue weighted by molar-refractivity contribution is 6.30. The zero-order valence-corrected chi connectivity index (χ0v) is 19.6. The van der Waals surface area contributed by atoms with Crippen molar-refractivity contribution in [2.24, 2.45) is 0 Å². The normalized spacial score (nSPS) is 17.5. The predicted molar refractivity (Wildman–Crippen MR) is 129 cm³/mol.